The lowest BCUT2D eigenvalue weighted by Crippen LogP contribution is -2.07. The smallest absolute Gasteiger partial charge is 0.359 e. The zero-order valence-electron chi connectivity index (χ0n) is 12.0. The first-order valence-electron chi connectivity index (χ1n) is 6.68. The van der Waals surface area contributed by atoms with E-state index in [9.17, 15) is 13.6 Å². The summed E-state index contributed by atoms with van der Waals surface area (Å²) in [7, 11) is 1.25. The normalized spacial score (nSPS) is 11.0. The third-order valence-corrected chi connectivity index (χ3v) is 3.66. The number of hydrogen-bond donors (Lipinski definition) is 0. The van der Waals surface area contributed by atoms with Gasteiger partial charge in [0.25, 0.3) is 0 Å². The molecule has 0 aliphatic rings. The highest BCUT2D eigenvalue weighted by molar-refractivity contribution is 6.31. The van der Waals surface area contributed by atoms with Crippen molar-refractivity contribution in [2.75, 3.05) is 7.11 Å². The number of methoxy groups -OCH3 is 1. The van der Waals surface area contributed by atoms with E-state index >= 15 is 0 Å². The van der Waals surface area contributed by atoms with Gasteiger partial charge in [-0.25, -0.2) is 13.6 Å². The third-order valence-electron chi connectivity index (χ3n) is 3.43. The van der Waals surface area contributed by atoms with Crippen molar-refractivity contribution < 1.29 is 18.3 Å². The summed E-state index contributed by atoms with van der Waals surface area (Å²) in [5, 5.41) is 5.18. The second-order valence-corrected chi connectivity index (χ2v) is 5.33. The fourth-order valence-electron chi connectivity index (χ4n) is 2.33. The van der Waals surface area contributed by atoms with Crippen LogP contribution in [0.5, 0.6) is 0 Å². The maximum atomic E-state index is 13.8. The van der Waals surface area contributed by atoms with E-state index in [4.69, 9.17) is 16.3 Å². The van der Waals surface area contributed by atoms with Crippen LogP contribution in [0.15, 0.2) is 36.4 Å². The minimum atomic E-state index is -0.685. The summed E-state index contributed by atoms with van der Waals surface area (Å²) >= 11 is 5.99. The van der Waals surface area contributed by atoms with Crippen molar-refractivity contribution >= 4 is 28.5 Å². The van der Waals surface area contributed by atoms with Crippen LogP contribution in [0.1, 0.15) is 16.1 Å². The van der Waals surface area contributed by atoms with Gasteiger partial charge in [0.05, 0.1) is 19.2 Å². The molecule has 1 aromatic heterocycles. The van der Waals surface area contributed by atoms with E-state index < -0.39 is 17.6 Å². The van der Waals surface area contributed by atoms with Crippen molar-refractivity contribution in [3.63, 3.8) is 0 Å². The molecular formula is C16H11ClF2N2O2. The maximum Gasteiger partial charge on any atom is 0.359 e. The minimum absolute atomic E-state index is 0.0277. The van der Waals surface area contributed by atoms with Crippen molar-refractivity contribution in [3.8, 4) is 0 Å². The first-order valence-corrected chi connectivity index (χ1v) is 7.05. The Balaban J connectivity index is 2.13. The summed E-state index contributed by atoms with van der Waals surface area (Å²) in [5.74, 6) is -1.94. The predicted octanol–water partition coefficient (Wildman–Crippen LogP) is 3.80. The summed E-state index contributed by atoms with van der Waals surface area (Å²) in [5.41, 5.74) is 0.913. The molecule has 0 fully saturated rings. The molecule has 0 spiro atoms. The Hall–Kier alpha value is -2.47. The first kappa shape index (κ1) is 15.4. The van der Waals surface area contributed by atoms with E-state index in [2.05, 4.69) is 5.10 Å². The summed E-state index contributed by atoms with van der Waals surface area (Å²) < 4.78 is 33.0. The SMILES string of the molecule is COC(=O)c1nn(Cc2ccc(F)cc2F)c2cc(Cl)ccc12. The lowest BCUT2D eigenvalue weighted by atomic mass is 10.2. The Labute approximate surface area is 135 Å². The van der Waals surface area contributed by atoms with Gasteiger partial charge in [-0.3, -0.25) is 4.68 Å². The molecule has 0 saturated carbocycles. The Morgan fingerprint density at radius 2 is 2.04 bits per heavy atom. The lowest BCUT2D eigenvalue weighted by molar-refractivity contribution is 0.0595. The van der Waals surface area contributed by atoms with Gasteiger partial charge in [-0.15, -0.1) is 0 Å². The van der Waals surface area contributed by atoms with Gasteiger partial charge in [0.2, 0.25) is 0 Å². The number of carbonyl (C=O) groups excluding carboxylic acids is 1. The molecule has 1 heterocycles. The van der Waals surface area contributed by atoms with Crippen LogP contribution in [-0.4, -0.2) is 22.9 Å². The molecule has 7 heteroatoms. The van der Waals surface area contributed by atoms with Gasteiger partial charge in [0.1, 0.15) is 11.6 Å². The standard InChI is InChI=1S/C16H11ClF2N2O2/c1-23-16(22)15-12-5-3-10(17)6-14(12)21(20-15)8-9-2-4-11(18)7-13(9)19/h2-7H,8H2,1H3. The highest BCUT2D eigenvalue weighted by atomic mass is 35.5. The number of hydrogen-bond acceptors (Lipinski definition) is 3. The number of nitrogens with zero attached hydrogens (tertiary/aromatic N) is 2. The number of rotatable bonds is 3. The number of carbonyl (C=O) groups is 1. The van der Waals surface area contributed by atoms with E-state index in [0.29, 0.717) is 15.9 Å². The number of esters is 1. The Morgan fingerprint density at radius 3 is 2.74 bits per heavy atom. The number of benzene rings is 2. The van der Waals surface area contributed by atoms with Gasteiger partial charge in [-0.2, -0.15) is 5.10 Å². The van der Waals surface area contributed by atoms with Crippen LogP contribution in [-0.2, 0) is 11.3 Å². The molecule has 3 rings (SSSR count). The van der Waals surface area contributed by atoms with Crippen LogP contribution in [0.2, 0.25) is 5.02 Å². The van der Waals surface area contributed by atoms with Crippen LogP contribution in [0, 0.1) is 11.6 Å². The molecule has 0 atom stereocenters. The lowest BCUT2D eigenvalue weighted by Gasteiger charge is -2.05. The largest absolute Gasteiger partial charge is 0.464 e. The van der Waals surface area contributed by atoms with Crippen LogP contribution < -0.4 is 0 Å². The average Bonchev–Trinajstić information content (AvgIpc) is 2.87. The summed E-state index contributed by atoms with van der Waals surface area (Å²) in [6, 6.07) is 8.20. The van der Waals surface area contributed by atoms with Gasteiger partial charge >= 0.3 is 5.97 Å². The van der Waals surface area contributed by atoms with Crippen LogP contribution in [0.3, 0.4) is 0 Å². The van der Waals surface area contributed by atoms with Gasteiger partial charge in [0, 0.05) is 22.0 Å². The van der Waals surface area contributed by atoms with Crippen molar-refractivity contribution in [3.05, 3.63) is 64.3 Å². The highest BCUT2D eigenvalue weighted by Crippen LogP contribution is 2.24. The Kier molecular flexibility index (Phi) is 4.00. The molecular weight excluding hydrogens is 326 g/mol. The Bertz CT molecular complexity index is 908. The van der Waals surface area contributed by atoms with Gasteiger partial charge in [-0.05, 0) is 24.3 Å². The zero-order valence-corrected chi connectivity index (χ0v) is 12.8. The second-order valence-electron chi connectivity index (χ2n) is 4.90. The molecule has 0 N–H and O–H groups in total. The Morgan fingerprint density at radius 1 is 1.26 bits per heavy atom. The van der Waals surface area contributed by atoms with Crippen molar-refractivity contribution in [2.24, 2.45) is 0 Å². The molecule has 0 amide bonds. The van der Waals surface area contributed by atoms with Crippen molar-refractivity contribution in [2.45, 2.75) is 6.54 Å². The molecule has 0 unspecified atom stereocenters. The monoisotopic (exact) mass is 336 g/mol. The van der Waals surface area contributed by atoms with Crippen molar-refractivity contribution in [1.82, 2.24) is 9.78 Å². The van der Waals surface area contributed by atoms with E-state index in [1.807, 2.05) is 0 Å². The number of ether oxygens (including phenoxy) is 1. The highest BCUT2D eigenvalue weighted by Gasteiger charge is 2.18. The van der Waals surface area contributed by atoms with E-state index in [1.165, 1.54) is 17.9 Å². The fraction of sp³-hybridized carbons (Fsp3) is 0.125. The third kappa shape index (κ3) is 2.90. The summed E-state index contributed by atoms with van der Waals surface area (Å²) in [6.07, 6.45) is 0. The van der Waals surface area contributed by atoms with Crippen molar-refractivity contribution in [1.29, 1.82) is 0 Å². The minimum Gasteiger partial charge on any atom is -0.464 e. The van der Waals surface area contributed by atoms with E-state index in [0.717, 1.165) is 12.1 Å². The molecule has 0 bridgehead atoms. The average molecular weight is 337 g/mol. The van der Waals surface area contributed by atoms with Gasteiger partial charge < -0.3 is 4.74 Å². The quantitative estimate of drug-likeness (QED) is 0.683. The summed E-state index contributed by atoms with van der Waals surface area (Å²) in [4.78, 5) is 11.8. The maximum absolute atomic E-state index is 13.8. The van der Waals surface area contributed by atoms with Crippen LogP contribution >= 0.6 is 11.6 Å². The topological polar surface area (TPSA) is 44.1 Å². The fourth-order valence-corrected chi connectivity index (χ4v) is 2.49. The molecule has 0 aliphatic carbocycles. The predicted molar refractivity (Wildman–Crippen MR) is 81.5 cm³/mol. The molecule has 0 aliphatic heterocycles. The van der Waals surface area contributed by atoms with Gasteiger partial charge in [-0.1, -0.05) is 17.7 Å². The molecule has 3 aromatic rings. The van der Waals surface area contributed by atoms with E-state index in [-0.39, 0.29) is 17.8 Å². The van der Waals surface area contributed by atoms with Crippen LogP contribution in [0.4, 0.5) is 8.78 Å². The summed E-state index contributed by atoms with van der Waals surface area (Å²) in [6.45, 7) is 0.0277. The molecule has 118 valence electrons. The molecule has 23 heavy (non-hydrogen) atoms. The van der Waals surface area contributed by atoms with Gasteiger partial charge in [0.15, 0.2) is 5.69 Å². The first-order chi connectivity index (χ1) is 11.0. The molecule has 4 nitrogen and oxygen atoms in total. The second kappa shape index (κ2) is 5.96. The van der Waals surface area contributed by atoms with E-state index in [1.54, 1.807) is 18.2 Å². The van der Waals surface area contributed by atoms with Crippen LogP contribution in [0.25, 0.3) is 10.9 Å². The zero-order chi connectivity index (χ0) is 16.6. The number of halogens is 3. The molecule has 2 aromatic carbocycles. The molecule has 0 saturated heterocycles. The molecule has 0 radical (unpaired) electrons. The number of aromatic nitrogens is 2. The number of fused-ring (bicyclic) bond motifs is 1.